The summed E-state index contributed by atoms with van der Waals surface area (Å²) in [5, 5.41) is 16.1. The predicted molar refractivity (Wildman–Crippen MR) is 123 cm³/mol. The van der Waals surface area contributed by atoms with Gasteiger partial charge in [0.1, 0.15) is 5.52 Å². The molecule has 1 aliphatic heterocycles. The number of amides is 1. The van der Waals surface area contributed by atoms with Crippen LogP contribution in [-0.2, 0) is 16.1 Å². The van der Waals surface area contributed by atoms with Gasteiger partial charge in [-0.2, -0.15) is 5.10 Å². The van der Waals surface area contributed by atoms with Crippen molar-refractivity contribution in [3.8, 4) is 0 Å². The van der Waals surface area contributed by atoms with Crippen LogP contribution < -0.4 is 5.32 Å². The molecular weight excluding hydrogens is 420 g/mol. The molecule has 1 fully saturated rings. The molecule has 166 valence electrons. The number of hydrogen-bond acceptors (Lipinski definition) is 7. The van der Waals surface area contributed by atoms with E-state index >= 15 is 0 Å². The van der Waals surface area contributed by atoms with Crippen LogP contribution in [0.15, 0.2) is 47.7 Å². The molecule has 2 aliphatic rings. The van der Waals surface area contributed by atoms with Gasteiger partial charge in [0.15, 0.2) is 11.5 Å². The second-order valence-corrected chi connectivity index (χ2v) is 8.40. The van der Waals surface area contributed by atoms with E-state index in [2.05, 4.69) is 36.8 Å². The fourth-order valence-electron chi connectivity index (χ4n) is 3.96. The van der Waals surface area contributed by atoms with Gasteiger partial charge in [0.2, 0.25) is 5.91 Å². The van der Waals surface area contributed by atoms with E-state index in [-0.39, 0.29) is 17.9 Å². The minimum absolute atomic E-state index is 0.0196. The van der Waals surface area contributed by atoms with Crippen molar-refractivity contribution in [3.05, 3.63) is 54.0 Å². The molecule has 4 heterocycles. The minimum atomic E-state index is -0.0196. The first-order valence-electron chi connectivity index (χ1n) is 10.9. The number of aliphatic imine (C=N–C) groups is 1. The maximum absolute atomic E-state index is 12.0. The van der Waals surface area contributed by atoms with Crippen molar-refractivity contribution in [1.82, 2.24) is 29.6 Å². The van der Waals surface area contributed by atoms with Crippen LogP contribution in [0.5, 0.6) is 0 Å². The standard InChI is InChI=1S/C23H22N8O2/c1-33-18-8-16(10-24-11-18)15-4-6-19-20(9-15)30(29-27-19)12-17-5-7-22-25-21(13-31(22)28-17)26-23(32)14-2-3-14/h4-7,9-11,13-14,18H,2-3,8,12H2,1H3,(H,26,32). The van der Waals surface area contributed by atoms with E-state index in [1.165, 1.54) is 0 Å². The number of carbonyl (C=O) groups excluding carboxylic acids is 1. The molecule has 0 spiro atoms. The molecule has 6 rings (SSSR count). The van der Waals surface area contributed by atoms with Crippen molar-refractivity contribution in [1.29, 1.82) is 0 Å². The number of methoxy groups -OCH3 is 1. The van der Waals surface area contributed by atoms with Crippen molar-refractivity contribution >= 4 is 40.2 Å². The average molecular weight is 442 g/mol. The smallest absolute Gasteiger partial charge is 0.228 e. The third-order valence-corrected chi connectivity index (χ3v) is 5.98. The van der Waals surface area contributed by atoms with Gasteiger partial charge in [-0.05, 0) is 48.2 Å². The Hall–Kier alpha value is -3.92. The van der Waals surface area contributed by atoms with E-state index in [1.54, 1.807) is 17.8 Å². The summed E-state index contributed by atoms with van der Waals surface area (Å²) in [6.07, 6.45) is 8.07. The highest BCUT2D eigenvalue weighted by Crippen LogP contribution is 2.30. The van der Waals surface area contributed by atoms with Crippen molar-refractivity contribution in [3.63, 3.8) is 0 Å². The van der Waals surface area contributed by atoms with E-state index in [0.29, 0.717) is 18.0 Å². The zero-order valence-corrected chi connectivity index (χ0v) is 18.0. The summed E-state index contributed by atoms with van der Waals surface area (Å²) in [5.41, 5.74) is 5.39. The van der Waals surface area contributed by atoms with Crippen LogP contribution >= 0.6 is 0 Å². The second kappa shape index (κ2) is 7.89. The number of nitrogens with one attached hydrogen (secondary N) is 1. The van der Waals surface area contributed by atoms with E-state index in [1.807, 2.05) is 41.4 Å². The summed E-state index contributed by atoms with van der Waals surface area (Å²) in [4.78, 5) is 20.8. The molecule has 1 unspecified atom stereocenters. The van der Waals surface area contributed by atoms with Gasteiger partial charge in [-0.15, -0.1) is 5.10 Å². The van der Waals surface area contributed by atoms with Gasteiger partial charge >= 0.3 is 0 Å². The Balaban J connectivity index is 1.26. The lowest BCUT2D eigenvalue weighted by Crippen LogP contribution is -2.15. The highest BCUT2D eigenvalue weighted by Gasteiger charge is 2.30. The SMILES string of the molecule is COC1C=NC=C(c2ccc3nnn(Cc4ccc5nc(NC(=O)C6CC6)cn5n4)c3c2)C1. The van der Waals surface area contributed by atoms with Gasteiger partial charge in [-0.3, -0.25) is 9.79 Å². The molecule has 1 N–H and O–H groups in total. The van der Waals surface area contributed by atoms with Gasteiger partial charge < -0.3 is 10.1 Å². The third kappa shape index (κ3) is 3.89. The number of anilines is 1. The summed E-state index contributed by atoms with van der Waals surface area (Å²) < 4.78 is 8.94. The molecule has 10 heteroatoms. The van der Waals surface area contributed by atoms with Crippen LogP contribution in [0.2, 0.25) is 0 Å². The number of fused-ring (bicyclic) bond motifs is 2. The normalized spacial score (nSPS) is 18.1. The summed E-state index contributed by atoms with van der Waals surface area (Å²) in [6, 6.07) is 9.88. The number of hydrogen-bond donors (Lipinski definition) is 1. The lowest BCUT2D eigenvalue weighted by atomic mass is 9.99. The molecule has 3 aromatic heterocycles. The lowest BCUT2D eigenvalue weighted by Gasteiger charge is -2.16. The average Bonchev–Trinajstić information content (AvgIpc) is 3.52. The monoisotopic (exact) mass is 442 g/mol. The highest BCUT2D eigenvalue weighted by molar-refractivity contribution is 5.93. The fourth-order valence-corrected chi connectivity index (χ4v) is 3.96. The summed E-state index contributed by atoms with van der Waals surface area (Å²) in [5.74, 6) is 0.671. The maximum Gasteiger partial charge on any atom is 0.228 e. The molecule has 33 heavy (non-hydrogen) atoms. The number of nitrogens with zero attached hydrogens (tertiary/aromatic N) is 7. The fraction of sp³-hybridized carbons (Fsp3) is 0.304. The molecule has 1 aromatic carbocycles. The number of imidazole rings is 1. The number of rotatable bonds is 6. The number of benzene rings is 1. The quantitative estimate of drug-likeness (QED) is 0.491. The number of aromatic nitrogens is 6. The van der Waals surface area contributed by atoms with E-state index in [9.17, 15) is 4.79 Å². The Labute approximate surface area is 189 Å². The van der Waals surface area contributed by atoms with Crippen LogP contribution in [-0.4, -0.2) is 54.9 Å². The first-order valence-corrected chi connectivity index (χ1v) is 10.9. The first kappa shape index (κ1) is 19.7. The predicted octanol–water partition coefficient (Wildman–Crippen LogP) is 2.70. The molecular formula is C23H22N8O2. The second-order valence-electron chi connectivity index (χ2n) is 8.40. The van der Waals surface area contributed by atoms with Gasteiger partial charge in [-0.25, -0.2) is 14.2 Å². The van der Waals surface area contributed by atoms with Gasteiger partial charge in [-0.1, -0.05) is 11.3 Å². The molecule has 1 saturated carbocycles. The Morgan fingerprint density at radius 1 is 1.24 bits per heavy atom. The van der Waals surface area contributed by atoms with Gasteiger partial charge in [0.05, 0.1) is 30.1 Å². The molecule has 0 radical (unpaired) electrons. The molecule has 4 aromatic rings. The molecule has 0 bridgehead atoms. The van der Waals surface area contributed by atoms with Crippen molar-refractivity contribution < 1.29 is 9.53 Å². The van der Waals surface area contributed by atoms with Crippen LogP contribution in [0.1, 0.15) is 30.5 Å². The largest absolute Gasteiger partial charge is 0.375 e. The van der Waals surface area contributed by atoms with Gasteiger partial charge in [0, 0.05) is 31.9 Å². The molecule has 1 amide bonds. The summed E-state index contributed by atoms with van der Waals surface area (Å²) in [6.45, 7) is 0.454. The van der Waals surface area contributed by atoms with Gasteiger partial charge in [0.25, 0.3) is 0 Å². The number of ether oxygens (including phenoxy) is 1. The van der Waals surface area contributed by atoms with Crippen molar-refractivity contribution in [2.24, 2.45) is 10.9 Å². The molecule has 1 atom stereocenters. The van der Waals surface area contributed by atoms with Crippen molar-refractivity contribution in [2.75, 3.05) is 12.4 Å². The van der Waals surface area contributed by atoms with Crippen LogP contribution in [0.3, 0.4) is 0 Å². The Morgan fingerprint density at radius 2 is 2.15 bits per heavy atom. The van der Waals surface area contributed by atoms with Crippen LogP contribution in [0.4, 0.5) is 5.82 Å². The molecule has 1 aliphatic carbocycles. The lowest BCUT2D eigenvalue weighted by molar-refractivity contribution is -0.117. The van der Waals surface area contributed by atoms with E-state index < -0.39 is 0 Å². The Bertz CT molecular complexity index is 1430. The molecule has 0 saturated heterocycles. The zero-order valence-electron chi connectivity index (χ0n) is 18.0. The Morgan fingerprint density at radius 3 is 3.00 bits per heavy atom. The summed E-state index contributed by atoms with van der Waals surface area (Å²) >= 11 is 0. The Kier molecular flexibility index (Phi) is 4.72. The first-order chi connectivity index (χ1) is 16.2. The van der Waals surface area contributed by atoms with Crippen LogP contribution in [0.25, 0.3) is 22.3 Å². The molecule has 10 nitrogen and oxygen atoms in total. The van der Waals surface area contributed by atoms with E-state index in [0.717, 1.165) is 47.1 Å². The third-order valence-electron chi connectivity index (χ3n) is 5.98. The summed E-state index contributed by atoms with van der Waals surface area (Å²) in [7, 11) is 1.69. The van der Waals surface area contributed by atoms with Crippen LogP contribution in [0, 0.1) is 5.92 Å². The highest BCUT2D eigenvalue weighted by atomic mass is 16.5. The maximum atomic E-state index is 12.0. The zero-order chi connectivity index (χ0) is 22.4. The number of carbonyl (C=O) groups is 1. The topological polar surface area (TPSA) is 112 Å². The van der Waals surface area contributed by atoms with E-state index in [4.69, 9.17) is 4.74 Å². The minimum Gasteiger partial charge on any atom is -0.375 e. The van der Waals surface area contributed by atoms with Crippen molar-refractivity contribution in [2.45, 2.75) is 31.9 Å².